The number of hydrogen-bond acceptors (Lipinski definition) is 2. The van der Waals surface area contributed by atoms with Crippen molar-refractivity contribution < 1.29 is 9.50 Å². The van der Waals surface area contributed by atoms with Crippen molar-refractivity contribution >= 4 is 21.6 Å². The van der Waals surface area contributed by atoms with E-state index in [0.717, 1.165) is 35.2 Å². The summed E-state index contributed by atoms with van der Waals surface area (Å²) < 4.78 is 14.4. The van der Waals surface area contributed by atoms with Crippen molar-refractivity contribution in [3.05, 3.63) is 63.9 Å². The first-order chi connectivity index (χ1) is 10.1. The first-order valence-corrected chi connectivity index (χ1v) is 7.90. The highest BCUT2D eigenvalue weighted by molar-refractivity contribution is 9.10. The standard InChI is InChI=1S/C17H17BrFNO/c18-14-4-1-13(2-5-14)17(21)8-10-20-9-7-12-3-6-15(19)11-16(12)20/h1-6,11,17,21H,7-10H2. The molecule has 110 valence electrons. The van der Waals surface area contributed by atoms with Gasteiger partial charge in [0.05, 0.1) is 6.10 Å². The molecule has 0 bridgehead atoms. The maximum Gasteiger partial charge on any atom is 0.125 e. The number of aliphatic hydroxyl groups excluding tert-OH is 1. The van der Waals surface area contributed by atoms with Gasteiger partial charge >= 0.3 is 0 Å². The summed E-state index contributed by atoms with van der Waals surface area (Å²) in [6.07, 6.45) is 1.09. The van der Waals surface area contributed by atoms with E-state index in [4.69, 9.17) is 0 Å². The van der Waals surface area contributed by atoms with Crippen LogP contribution < -0.4 is 4.90 Å². The Morgan fingerprint density at radius 1 is 1.19 bits per heavy atom. The van der Waals surface area contributed by atoms with E-state index in [1.54, 1.807) is 6.07 Å². The average Bonchev–Trinajstić information content (AvgIpc) is 2.88. The summed E-state index contributed by atoms with van der Waals surface area (Å²) in [5.74, 6) is -0.200. The van der Waals surface area contributed by atoms with E-state index >= 15 is 0 Å². The molecule has 1 aliphatic heterocycles. The van der Waals surface area contributed by atoms with E-state index in [9.17, 15) is 9.50 Å². The lowest BCUT2D eigenvalue weighted by atomic mass is 10.1. The predicted molar refractivity (Wildman–Crippen MR) is 86.0 cm³/mol. The van der Waals surface area contributed by atoms with Gasteiger partial charge in [0.1, 0.15) is 5.82 Å². The van der Waals surface area contributed by atoms with Crippen molar-refractivity contribution in [2.24, 2.45) is 0 Å². The molecule has 0 spiro atoms. The molecule has 0 aromatic heterocycles. The number of fused-ring (bicyclic) bond motifs is 1. The van der Waals surface area contributed by atoms with Crippen LogP contribution in [0, 0.1) is 5.82 Å². The largest absolute Gasteiger partial charge is 0.388 e. The lowest BCUT2D eigenvalue weighted by Crippen LogP contribution is -2.23. The molecule has 0 radical (unpaired) electrons. The van der Waals surface area contributed by atoms with E-state index < -0.39 is 6.10 Å². The minimum atomic E-state index is -0.490. The number of hydrogen-bond donors (Lipinski definition) is 1. The van der Waals surface area contributed by atoms with Gasteiger partial charge in [-0.05, 0) is 48.2 Å². The summed E-state index contributed by atoms with van der Waals surface area (Å²) in [5, 5.41) is 10.3. The molecule has 0 saturated heterocycles. The molecule has 0 fully saturated rings. The van der Waals surface area contributed by atoms with Gasteiger partial charge in [0.25, 0.3) is 0 Å². The quantitative estimate of drug-likeness (QED) is 0.899. The van der Waals surface area contributed by atoms with Crippen molar-refractivity contribution in [1.82, 2.24) is 0 Å². The van der Waals surface area contributed by atoms with Crippen LogP contribution >= 0.6 is 15.9 Å². The molecule has 3 rings (SSSR count). The molecule has 0 saturated carbocycles. The number of benzene rings is 2. The second-order valence-electron chi connectivity index (χ2n) is 5.37. The predicted octanol–water partition coefficient (Wildman–Crippen LogP) is 4.07. The third-order valence-electron chi connectivity index (χ3n) is 3.97. The van der Waals surface area contributed by atoms with Gasteiger partial charge in [0.2, 0.25) is 0 Å². The Morgan fingerprint density at radius 3 is 2.71 bits per heavy atom. The van der Waals surface area contributed by atoms with Crippen molar-refractivity contribution in [2.45, 2.75) is 18.9 Å². The minimum absolute atomic E-state index is 0.200. The van der Waals surface area contributed by atoms with Gasteiger partial charge in [-0.25, -0.2) is 4.39 Å². The second kappa shape index (κ2) is 6.16. The Morgan fingerprint density at radius 2 is 1.95 bits per heavy atom. The highest BCUT2D eigenvalue weighted by Crippen LogP contribution is 2.30. The number of aliphatic hydroxyl groups is 1. The zero-order valence-corrected chi connectivity index (χ0v) is 13.2. The number of anilines is 1. The fourth-order valence-corrected chi connectivity index (χ4v) is 3.04. The third-order valence-corrected chi connectivity index (χ3v) is 4.49. The van der Waals surface area contributed by atoms with Crippen molar-refractivity contribution in [3.8, 4) is 0 Å². The molecule has 4 heteroatoms. The molecule has 1 atom stereocenters. The van der Waals surface area contributed by atoms with Crippen molar-refractivity contribution in [2.75, 3.05) is 18.0 Å². The normalized spacial score (nSPS) is 15.1. The van der Waals surface area contributed by atoms with Crippen LogP contribution in [0.25, 0.3) is 0 Å². The molecule has 1 heterocycles. The molecule has 0 aliphatic carbocycles. The summed E-state index contributed by atoms with van der Waals surface area (Å²) in [4.78, 5) is 2.15. The van der Waals surface area contributed by atoms with Gasteiger partial charge in [-0.2, -0.15) is 0 Å². The minimum Gasteiger partial charge on any atom is -0.388 e. The van der Waals surface area contributed by atoms with Crippen LogP contribution in [0.15, 0.2) is 46.9 Å². The maximum atomic E-state index is 13.4. The smallest absolute Gasteiger partial charge is 0.125 e. The zero-order valence-electron chi connectivity index (χ0n) is 11.6. The SMILES string of the molecule is OC(CCN1CCc2ccc(F)cc21)c1ccc(Br)cc1. The Bertz CT molecular complexity index is 629. The second-order valence-corrected chi connectivity index (χ2v) is 6.28. The number of nitrogens with zero attached hydrogens (tertiary/aromatic N) is 1. The van der Waals surface area contributed by atoms with E-state index in [0.29, 0.717) is 6.42 Å². The summed E-state index contributed by atoms with van der Waals surface area (Å²) in [5.41, 5.74) is 3.07. The molecule has 1 N–H and O–H groups in total. The highest BCUT2D eigenvalue weighted by atomic mass is 79.9. The van der Waals surface area contributed by atoms with Crippen molar-refractivity contribution in [3.63, 3.8) is 0 Å². The van der Waals surface area contributed by atoms with E-state index in [1.165, 1.54) is 11.6 Å². The van der Waals surface area contributed by atoms with E-state index in [2.05, 4.69) is 20.8 Å². The molecule has 21 heavy (non-hydrogen) atoms. The molecular formula is C17H17BrFNO. The molecule has 1 unspecified atom stereocenters. The van der Waals surface area contributed by atoms with Crippen LogP contribution in [-0.2, 0) is 6.42 Å². The Labute approximate surface area is 132 Å². The highest BCUT2D eigenvalue weighted by Gasteiger charge is 2.20. The first-order valence-electron chi connectivity index (χ1n) is 7.10. The van der Waals surface area contributed by atoms with Crippen LogP contribution in [0.2, 0.25) is 0 Å². The molecule has 2 nitrogen and oxygen atoms in total. The summed E-state index contributed by atoms with van der Waals surface area (Å²) in [6, 6.07) is 12.7. The van der Waals surface area contributed by atoms with Crippen LogP contribution in [0.4, 0.5) is 10.1 Å². The van der Waals surface area contributed by atoms with Crippen LogP contribution in [0.3, 0.4) is 0 Å². The third kappa shape index (κ3) is 3.27. The van der Waals surface area contributed by atoms with Gasteiger partial charge in [0.15, 0.2) is 0 Å². The molecular weight excluding hydrogens is 333 g/mol. The Balaban J connectivity index is 1.64. The van der Waals surface area contributed by atoms with E-state index in [1.807, 2.05) is 30.3 Å². The summed E-state index contributed by atoms with van der Waals surface area (Å²) >= 11 is 3.39. The van der Waals surface area contributed by atoms with Gasteiger partial charge in [-0.1, -0.05) is 34.1 Å². The topological polar surface area (TPSA) is 23.5 Å². The Kier molecular flexibility index (Phi) is 4.27. The maximum absolute atomic E-state index is 13.4. The molecule has 2 aromatic carbocycles. The summed E-state index contributed by atoms with van der Waals surface area (Å²) in [6.45, 7) is 1.62. The first kappa shape index (κ1) is 14.5. The molecule has 1 aliphatic rings. The fourth-order valence-electron chi connectivity index (χ4n) is 2.78. The van der Waals surface area contributed by atoms with E-state index in [-0.39, 0.29) is 5.82 Å². The van der Waals surface area contributed by atoms with Gasteiger partial charge in [0, 0.05) is 23.2 Å². The van der Waals surface area contributed by atoms with Crippen LogP contribution in [0.5, 0.6) is 0 Å². The summed E-state index contributed by atoms with van der Waals surface area (Å²) in [7, 11) is 0. The monoisotopic (exact) mass is 349 g/mol. The molecule has 0 amide bonds. The number of halogens is 2. The lowest BCUT2D eigenvalue weighted by molar-refractivity contribution is 0.169. The van der Waals surface area contributed by atoms with Gasteiger partial charge in [-0.15, -0.1) is 0 Å². The fraction of sp³-hybridized carbons (Fsp3) is 0.294. The van der Waals surface area contributed by atoms with Crippen LogP contribution in [0.1, 0.15) is 23.7 Å². The lowest BCUT2D eigenvalue weighted by Gasteiger charge is -2.21. The molecule has 2 aromatic rings. The van der Waals surface area contributed by atoms with Gasteiger partial charge in [-0.3, -0.25) is 0 Å². The van der Waals surface area contributed by atoms with Gasteiger partial charge < -0.3 is 10.0 Å². The Hall–Kier alpha value is -1.39. The van der Waals surface area contributed by atoms with Crippen molar-refractivity contribution in [1.29, 1.82) is 0 Å². The zero-order chi connectivity index (χ0) is 14.8. The number of rotatable bonds is 4. The van der Waals surface area contributed by atoms with Crippen LogP contribution in [-0.4, -0.2) is 18.2 Å². The average molecular weight is 350 g/mol.